The molecule has 20 heavy (non-hydrogen) atoms. The van der Waals surface area contributed by atoms with Crippen molar-refractivity contribution in [3.8, 4) is 0 Å². The van der Waals surface area contributed by atoms with Crippen LogP contribution in [0.25, 0.3) is 0 Å². The first-order chi connectivity index (χ1) is 9.59. The van der Waals surface area contributed by atoms with Crippen LogP contribution in [-0.2, 0) is 8.85 Å². The smallest absolute Gasteiger partial charge is 0.332 e. The van der Waals surface area contributed by atoms with Crippen molar-refractivity contribution in [3.63, 3.8) is 0 Å². The zero-order valence-electron chi connectivity index (χ0n) is 13.5. The van der Waals surface area contributed by atoms with Crippen LogP contribution in [-0.4, -0.2) is 15.2 Å². The van der Waals surface area contributed by atoms with Crippen LogP contribution in [0.4, 0.5) is 0 Å². The Morgan fingerprint density at radius 3 is 2.30 bits per heavy atom. The van der Waals surface area contributed by atoms with Gasteiger partial charge in [0, 0.05) is 6.61 Å². The van der Waals surface area contributed by atoms with E-state index >= 15 is 0 Å². The molecule has 0 aliphatic carbocycles. The molecule has 0 saturated heterocycles. The summed E-state index contributed by atoms with van der Waals surface area (Å²) in [5.74, 6) is 0. The summed E-state index contributed by atoms with van der Waals surface area (Å²) >= 11 is 0. The van der Waals surface area contributed by atoms with Crippen LogP contribution in [0.3, 0.4) is 0 Å². The number of hydrogen-bond donors (Lipinski definition) is 0. The fourth-order valence-electron chi connectivity index (χ4n) is 2.28. The first kappa shape index (κ1) is 17.4. The fourth-order valence-corrected chi connectivity index (χ4v) is 3.97. The Morgan fingerprint density at radius 1 is 1.00 bits per heavy atom. The Bertz CT molecular complexity index is 351. The molecule has 2 nitrogen and oxygen atoms in total. The quantitative estimate of drug-likeness (QED) is 0.422. The average molecular weight is 295 g/mol. The molecule has 1 rings (SSSR count). The van der Waals surface area contributed by atoms with Gasteiger partial charge in [0.25, 0.3) is 0 Å². The van der Waals surface area contributed by atoms with Crippen molar-refractivity contribution < 1.29 is 8.85 Å². The van der Waals surface area contributed by atoms with Crippen molar-refractivity contribution in [1.82, 2.24) is 0 Å². The monoisotopic (exact) mass is 294 g/mol. The van der Waals surface area contributed by atoms with Gasteiger partial charge in [0.05, 0.1) is 6.10 Å². The molecule has 0 amide bonds. The summed E-state index contributed by atoms with van der Waals surface area (Å²) < 4.78 is 12.3. The highest BCUT2D eigenvalue weighted by molar-refractivity contribution is 6.64. The van der Waals surface area contributed by atoms with Crippen LogP contribution in [0.2, 0.25) is 13.1 Å². The summed E-state index contributed by atoms with van der Waals surface area (Å²) in [6.45, 7) is 9.54. The van der Waals surface area contributed by atoms with Crippen molar-refractivity contribution in [2.75, 3.05) is 6.61 Å². The van der Waals surface area contributed by atoms with Crippen molar-refractivity contribution >= 4 is 8.56 Å². The summed E-state index contributed by atoms with van der Waals surface area (Å²) in [6, 6.07) is 10.5. The van der Waals surface area contributed by atoms with E-state index in [-0.39, 0.29) is 6.10 Å². The Labute approximate surface area is 125 Å². The zero-order valence-corrected chi connectivity index (χ0v) is 14.5. The summed E-state index contributed by atoms with van der Waals surface area (Å²) in [6.07, 6.45) is 6.12. The number of benzene rings is 1. The highest BCUT2D eigenvalue weighted by atomic mass is 28.4. The van der Waals surface area contributed by atoms with E-state index in [1.54, 1.807) is 0 Å². The van der Waals surface area contributed by atoms with Crippen LogP contribution >= 0.6 is 0 Å². The van der Waals surface area contributed by atoms with Crippen LogP contribution in [0.1, 0.15) is 57.6 Å². The Kier molecular flexibility index (Phi) is 8.11. The van der Waals surface area contributed by atoms with Gasteiger partial charge in [0.2, 0.25) is 0 Å². The van der Waals surface area contributed by atoms with Gasteiger partial charge in [-0.2, -0.15) is 0 Å². The molecule has 3 heteroatoms. The van der Waals surface area contributed by atoms with Gasteiger partial charge in [-0.25, -0.2) is 0 Å². The van der Waals surface area contributed by atoms with Crippen LogP contribution in [0, 0.1) is 0 Å². The van der Waals surface area contributed by atoms with Crippen molar-refractivity contribution in [2.45, 2.75) is 65.1 Å². The van der Waals surface area contributed by atoms with Gasteiger partial charge >= 0.3 is 8.56 Å². The number of unbranched alkanes of at least 4 members (excludes halogenated alkanes) is 3. The second-order valence-electron chi connectivity index (χ2n) is 5.73. The molecule has 0 fully saturated rings. The molecule has 0 bridgehead atoms. The lowest BCUT2D eigenvalue weighted by Gasteiger charge is -2.28. The van der Waals surface area contributed by atoms with Gasteiger partial charge in [-0.15, -0.1) is 0 Å². The van der Waals surface area contributed by atoms with Crippen LogP contribution in [0.5, 0.6) is 0 Å². The van der Waals surface area contributed by atoms with Crippen LogP contribution < -0.4 is 0 Å². The average Bonchev–Trinajstić information content (AvgIpc) is 2.45. The van der Waals surface area contributed by atoms with E-state index < -0.39 is 8.56 Å². The molecule has 1 aromatic carbocycles. The lowest BCUT2D eigenvalue weighted by atomic mass is 10.1. The van der Waals surface area contributed by atoms with Crippen LogP contribution in [0.15, 0.2) is 30.3 Å². The van der Waals surface area contributed by atoms with E-state index in [9.17, 15) is 0 Å². The standard InChI is InChI=1S/C17H30O2Si/c1-5-7-8-12-15-18-20(3,4)19-17(6-2)16-13-10-9-11-14-16/h9-11,13-14,17H,5-8,12,15H2,1-4H3. The molecule has 1 aromatic rings. The second kappa shape index (κ2) is 9.32. The van der Waals surface area contributed by atoms with Gasteiger partial charge in [-0.05, 0) is 31.5 Å². The van der Waals surface area contributed by atoms with E-state index in [1.807, 2.05) is 6.07 Å². The maximum absolute atomic E-state index is 6.30. The summed E-state index contributed by atoms with van der Waals surface area (Å²) in [4.78, 5) is 0. The summed E-state index contributed by atoms with van der Waals surface area (Å²) in [5.41, 5.74) is 1.25. The molecule has 0 radical (unpaired) electrons. The zero-order chi connectivity index (χ0) is 14.8. The predicted molar refractivity (Wildman–Crippen MR) is 88.1 cm³/mol. The molecule has 0 spiro atoms. The van der Waals surface area contributed by atoms with Crippen molar-refractivity contribution in [3.05, 3.63) is 35.9 Å². The third kappa shape index (κ3) is 6.68. The van der Waals surface area contributed by atoms with Gasteiger partial charge in [0.15, 0.2) is 0 Å². The largest absolute Gasteiger partial charge is 0.394 e. The third-order valence-electron chi connectivity index (χ3n) is 3.42. The molecule has 1 atom stereocenters. The second-order valence-corrected chi connectivity index (χ2v) is 9.06. The minimum Gasteiger partial charge on any atom is -0.394 e. The van der Waals surface area contributed by atoms with E-state index in [0.29, 0.717) is 0 Å². The minimum absolute atomic E-state index is 0.161. The molecule has 0 aromatic heterocycles. The van der Waals surface area contributed by atoms with Gasteiger partial charge in [-0.3, -0.25) is 0 Å². The minimum atomic E-state index is -2.03. The maximum Gasteiger partial charge on any atom is 0.332 e. The molecule has 0 aliphatic heterocycles. The molecule has 0 aliphatic rings. The SMILES string of the molecule is CCCCCCO[Si](C)(C)OC(CC)c1ccccc1. The number of rotatable bonds is 10. The third-order valence-corrected chi connectivity index (χ3v) is 5.17. The molecule has 114 valence electrons. The van der Waals surface area contributed by atoms with E-state index in [2.05, 4.69) is 51.2 Å². The Hall–Kier alpha value is -0.643. The van der Waals surface area contributed by atoms with Crippen molar-refractivity contribution in [1.29, 1.82) is 0 Å². The molecule has 0 heterocycles. The summed E-state index contributed by atoms with van der Waals surface area (Å²) in [5, 5.41) is 0. The van der Waals surface area contributed by atoms with Gasteiger partial charge < -0.3 is 8.85 Å². The number of hydrogen-bond acceptors (Lipinski definition) is 2. The maximum atomic E-state index is 6.30. The lowest BCUT2D eigenvalue weighted by Crippen LogP contribution is -2.36. The molecular weight excluding hydrogens is 264 g/mol. The summed E-state index contributed by atoms with van der Waals surface area (Å²) in [7, 11) is -2.03. The van der Waals surface area contributed by atoms with E-state index in [4.69, 9.17) is 8.85 Å². The molecule has 0 saturated carbocycles. The van der Waals surface area contributed by atoms with E-state index in [0.717, 1.165) is 19.4 Å². The predicted octanol–water partition coefficient (Wildman–Crippen LogP) is 5.45. The lowest BCUT2D eigenvalue weighted by molar-refractivity contribution is 0.116. The fraction of sp³-hybridized carbons (Fsp3) is 0.647. The highest BCUT2D eigenvalue weighted by Gasteiger charge is 2.28. The van der Waals surface area contributed by atoms with Gasteiger partial charge in [0.1, 0.15) is 0 Å². The first-order valence-corrected chi connectivity index (χ1v) is 10.8. The van der Waals surface area contributed by atoms with Gasteiger partial charge in [-0.1, -0.05) is 63.4 Å². The first-order valence-electron chi connectivity index (χ1n) is 7.95. The molecule has 0 N–H and O–H groups in total. The normalized spacial score (nSPS) is 13.4. The topological polar surface area (TPSA) is 18.5 Å². The Balaban J connectivity index is 2.42. The van der Waals surface area contributed by atoms with E-state index in [1.165, 1.54) is 24.8 Å². The molecular formula is C17H30O2Si. The highest BCUT2D eigenvalue weighted by Crippen LogP contribution is 2.25. The molecule has 1 unspecified atom stereocenters. The van der Waals surface area contributed by atoms with Crippen molar-refractivity contribution in [2.24, 2.45) is 0 Å². The Morgan fingerprint density at radius 2 is 1.70 bits per heavy atom.